The van der Waals surface area contributed by atoms with E-state index in [2.05, 4.69) is 4.98 Å². The third-order valence-corrected chi connectivity index (χ3v) is 3.73. The summed E-state index contributed by atoms with van der Waals surface area (Å²) in [6.45, 7) is 0.794. The molecule has 1 amide bonds. The van der Waals surface area contributed by atoms with Gasteiger partial charge in [-0.3, -0.25) is 4.79 Å². The second-order valence-electron chi connectivity index (χ2n) is 5.10. The van der Waals surface area contributed by atoms with Gasteiger partial charge in [0, 0.05) is 37.4 Å². The zero-order chi connectivity index (χ0) is 13.4. The molecule has 19 heavy (non-hydrogen) atoms. The number of nitrogens with zero attached hydrogens (tertiary/aromatic N) is 3. The molecular formula is C14H18N4O. The molecule has 5 heteroatoms. The molecule has 5 nitrogen and oxygen atoms in total. The van der Waals surface area contributed by atoms with Crippen molar-refractivity contribution in [2.24, 2.45) is 5.73 Å². The number of rotatable bonds is 4. The molecule has 1 fully saturated rings. The van der Waals surface area contributed by atoms with Gasteiger partial charge in [-0.1, -0.05) is 0 Å². The van der Waals surface area contributed by atoms with Gasteiger partial charge in [-0.25, -0.2) is 4.98 Å². The van der Waals surface area contributed by atoms with Crippen molar-refractivity contribution in [3.63, 3.8) is 0 Å². The second kappa shape index (κ2) is 4.66. The molecule has 2 aromatic rings. The van der Waals surface area contributed by atoms with E-state index < -0.39 is 0 Å². The van der Waals surface area contributed by atoms with E-state index in [-0.39, 0.29) is 5.91 Å². The quantitative estimate of drug-likeness (QED) is 0.893. The van der Waals surface area contributed by atoms with E-state index in [4.69, 9.17) is 5.73 Å². The largest absolute Gasteiger partial charge is 0.341 e. The maximum atomic E-state index is 12.2. The lowest BCUT2D eigenvalue weighted by molar-refractivity contribution is -0.130. The summed E-state index contributed by atoms with van der Waals surface area (Å²) in [7, 11) is 1.88. The summed E-state index contributed by atoms with van der Waals surface area (Å²) in [5.41, 5.74) is 7.61. The smallest absolute Gasteiger partial charge is 0.242 e. The summed E-state index contributed by atoms with van der Waals surface area (Å²) >= 11 is 0. The maximum Gasteiger partial charge on any atom is 0.242 e. The van der Waals surface area contributed by atoms with Crippen molar-refractivity contribution in [1.29, 1.82) is 0 Å². The summed E-state index contributed by atoms with van der Waals surface area (Å²) in [6.07, 6.45) is 5.94. The Morgan fingerprint density at radius 3 is 3.05 bits per heavy atom. The van der Waals surface area contributed by atoms with Crippen molar-refractivity contribution < 1.29 is 4.79 Å². The third kappa shape index (κ3) is 2.21. The van der Waals surface area contributed by atoms with Crippen LogP contribution in [-0.2, 0) is 17.9 Å². The first-order valence-corrected chi connectivity index (χ1v) is 6.59. The van der Waals surface area contributed by atoms with Gasteiger partial charge >= 0.3 is 0 Å². The normalized spacial score (nSPS) is 14.8. The first kappa shape index (κ1) is 12.2. The van der Waals surface area contributed by atoms with Gasteiger partial charge in [-0.2, -0.15) is 0 Å². The van der Waals surface area contributed by atoms with Crippen LogP contribution >= 0.6 is 0 Å². The number of nitrogens with two attached hydrogens (primary N) is 1. The first-order chi connectivity index (χ1) is 9.20. The van der Waals surface area contributed by atoms with Crippen LogP contribution in [0.15, 0.2) is 24.5 Å². The highest BCUT2D eigenvalue weighted by atomic mass is 16.2. The fourth-order valence-electron chi connectivity index (χ4n) is 2.40. The van der Waals surface area contributed by atoms with Crippen LogP contribution in [-0.4, -0.2) is 33.4 Å². The standard InChI is InChI=1S/C14H18N4O/c1-17(11-4-5-11)13(19)9-18-8-10(7-15)12-3-2-6-16-14(12)18/h2-3,6,8,11H,4-5,7,9,15H2,1H3. The summed E-state index contributed by atoms with van der Waals surface area (Å²) in [4.78, 5) is 18.4. The minimum absolute atomic E-state index is 0.133. The molecular weight excluding hydrogens is 240 g/mol. The zero-order valence-electron chi connectivity index (χ0n) is 11.0. The van der Waals surface area contributed by atoms with Gasteiger partial charge in [-0.15, -0.1) is 0 Å². The highest BCUT2D eigenvalue weighted by molar-refractivity contribution is 5.83. The second-order valence-corrected chi connectivity index (χ2v) is 5.10. The third-order valence-electron chi connectivity index (χ3n) is 3.73. The fraction of sp³-hybridized carbons (Fsp3) is 0.429. The number of carbonyl (C=O) groups is 1. The van der Waals surface area contributed by atoms with E-state index in [1.807, 2.05) is 34.8 Å². The summed E-state index contributed by atoms with van der Waals surface area (Å²) in [6, 6.07) is 4.33. The highest BCUT2D eigenvalue weighted by Gasteiger charge is 2.29. The molecule has 0 aliphatic heterocycles. The first-order valence-electron chi connectivity index (χ1n) is 6.59. The van der Waals surface area contributed by atoms with Gasteiger partial charge in [0.25, 0.3) is 0 Å². The lowest BCUT2D eigenvalue weighted by Gasteiger charge is -2.16. The van der Waals surface area contributed by atoms with Crippen molar-refractivity contribution in [1.82, 2.24) is 14.5 Å². The van der Waals surface area contributed by atoms with Gasteiger partial charge in [0.2, 0.25) is 5.91 Å². The van der Waals surface area contributed by atoms with Crippen LogP contribution in [0.1, 0.15) is 18.4 Å². The number of pyridine rings is 1. The van der Waals surface area contributed by atoms with E-state index in [1.165, 1.54) is 0 Å². The average Bonchev–Trinajstić information content (AvgIpc) is 3.22. The number of aromatic nitrogens is 2. The predicted molar refractivity (Wildman–Crippen MR) is 73.4 cm³/mol. The van der Waals surface area contributed by atoms with E-state index in [1.54, 1.807) is 6.20 Å². The van der Waals surface area contributed by atoms with Gasteiger partial charge in [0.1, 0.15) is 12.2 Å². The lowest BCUT2D eigenvalue weighted by atomic mass is 10.2. The zero-order valence-corrected chi connectivity index (χ0v) is 11.0. The van der Waals surface area contributed by atoms with Crippen LogP contribution in [0, 0.1) is 0 Å². The summed E-state index contributed by atoms with van der Waals surface area (Å²) in [5, 5.41) is 1.03. The molecule has 1 saturated carbocycles. The molecule has 0 aromatic carbocycles. The van der Waals surface area contributed by atoms with Crippen LogP contribution in [0.25, 0.3) is 11.0 Å². The van der Waals surface area contributed by atoms with Crippen molar-refractivity contribution in [3.8, 4) is 0 Å². The Balaban J connectivity index is 1.89. The molecule has 0 spiro atoms. The SMILES string of the molecule is CN(C(=O)Cn1cc(CN)c2cccnc21)C1CC1. The number of hydrogen-bond donors (Lipinski definition) is 1. The van der Waals surface area contributed by atoms with Crippen LogP contribution in [0.3, 0.4) is 0 Å². The van der Waals surface area contributed by atoms with Crippen LogP contribution < -0.4 is 5.73 Å². The Bertz CT molecular complexity index is 615. The molecule has 2 aromatic heterocycles. The number of likely N-dealkylation sites (N-methyl/N-ethyl adjacent to an activating group) is 1. The number of hydrogen-bond acceptors (Lipinski definition) is 3. The maximum absolute atomic E-state index is 12.2. The average molecular weight is 258 g/mol. The van der Waals surface area contributed by atoms with Crippen molar-refractivity contribution in [3.05, 3.63) is 30.1 Å². The Labute approximate surface area is 112 Å². The molecule has 2 heterocycles. The van der Waals surface area contributed by atoms with Crippen molar-refractivity contribution in [2.75, 3.05) is 7.05 Å². The topological polar surface area (TPSA) is 64.2 Å². The molecule has 100 valence electrons. The Morgan fingerprint density at radius 1 is 1.58 bits per heavy atom. The summed E-state index contributed by atoms with van der Waals surface area (Å²) < 4.78 is 1.90. The van der Waals surface area contributed by atoms with E-state index in [9.17, 15) is 4.79 Å². The molecule has 2 N–H and O–H groups in total. The molecule has 3 rings (SSSR count). The molecule has 1 aliphatic rings. The summed E-state index contributed by atoms with van der Waals surface area (Å²) in [5.74, 6) is 0.133. The van der Waals surface area contributed by atoms with E-state index in [0.29, 0.717) is 19.1 Å². The van der Waals surface area contributed by atoms with Gasteiger partial charge in [0.15, 0.2) is 0 Å². The minimum atomic E-state index is 0.133. The number of fused-ring (bicyclic) bond motifs is 1. The molecule has 1 aliphatic carbocycles. The molecule has 0 bridgehead atoms. The van der Waals surface area contributed by atoms with Crippen LogP contribution in [0.4, 0.5) is 0 Å². The van der Waals surface area contributed by atoms with Gasteiger partial charge in [-0.05, 0) is 30.5 Å². The Kier molecular flexibility index (Phi) is 2.98. The molecule has 0 radical (unpaired) electrons. The fourth-order valence-corrected chi connectivity index (χ4v) is 2.40. The molecule has 0 atom stereocenters. The number of carbonyl (C=O) groups excluding carboxylic acids is 1. The Morgan fingerprint density at radius 2 is 2.37 bits per heavy atom. The van der Waals surface area contributed by atoms with Crippen LogP contribution in [0.2, 0.25) is 0 Å². The highest BCUT2D eigenvalue weighted by Crippen LogP contribution is 2.26. The molecule has 0 unspecified atom stereocenters. The molecule has 0 saturated heterocycles. The van der Waals surface area contributed by atoms with Crippen molar-refractivity contribution in [2.45, 2.75) is 32.0 Å². The van der Waals surface area contributed by atoms with Crippen molar-refractivity contribution >= 4 is 16.9 Å². The Hall–Kier alpha value is -1.88. The monoisotopic (exact) mass is 258 g/mol. The number of amides is 1. The predicted octanol–water partition coefficient (Wildman–Crippen LogP) is 1.12. The lowest BCUT2D eigenvalue weighted by Crippen LogP contribution is -2.31. The minimum Gasteiger partial charge on any atom is -0.341 e. The van der Waals surface area contributed by atoms with Gasteiger partial charge in [0.05, 0.1) is 0 Å². The van der Waals surface area contributed by atoms with Crippen LogP contribution in [0.5, 0.6) is 0 Å². The van der Waals surface area contributed by atoms with E-state index >= 15 is 0 Å². The van der Waals surface area contributed by atoms with Gasteiger partial charge < -0.3 is 15.2 Å². The van der Waals surface area contributed by atoms with E-state index in [0.717, 1.165) is 29.4 Å².